The van der Waals surface area contributed by atoms with Gasteiger partial charge in [-0.3, -0.25) is 9.78 Å². The summed E-state index contributed by atoms with van der Waals surface area (Å²) in [5.74, 6) is 1.92. The quantitative estimate of drug-likeness (QED) is 0.107. The summed E-state index contributed by atoms with van der Waals surface area (Å²) in [4.78, 5) is 27.2. The third kappa shape index (κ3) is 9.64. The third-order valence-corrected chi connectivity index (χ3v) is 9.86. The Kier molecular flexibility index (Phi) is 13.7. The van der Waals surface area contributed by atoms with Crippen LogP contribution in [-0.2, 0) is 10.2 Å². The van der Waals surface area contributed by atoms with E-state index in [1.165, 1.54) is 38.5 Å². The monoisotopic (exact) mass is 668 g/mol. The first-order valence-electron chi connectivity index (χ1n) is 18.7. The van der Waals surface area contributed by atoms with E-state index in [0.29, 0.717) is 35.5 Å². The Morgan fingerprint density at radius 3 is 2.14 bits per heavy atom. The number of hydrogen-bond donors (Lipinski definition) is 0. The fourth-order valence-corrected chi connectivity index (χ4v) is 6.62. The van der Waals surface area contributed by atoms with Gasteiger partial charge in [0.05, 0.1) is 18.4 Å². The van der Waals surface area contributed by atoms with Crippen molar-refractivity contribution in [2.75, 3.05) is 31.1 Å². The summed E-state index contributed by atoms with van der Waals surface area (Å²) < 4.78 is 1.78. The minimum Gasteiger partial charge on any atom is -0.362 e. The van der Waals surface area contributed by atoms with Gasteiger partial charge in [0.1, 0.15) is 5.69 Å². The summed E-state index contributed by atoms with van der Waals surface area (Å²) in [6.45, 7) is 22.7. The molecule has 2 unspecified atom stereocenters. The van der Waals surface area contributed by atoms with Crippen molar-refractivity contribution in [3.05, 3.63) is 58.8 Å². The third-order valence-electron chi connectivity index (χ3n) is 9.86. The first-order valence-corrected chi connectivity index (χ1v) is 18.7. The van der Waals surface area contributed by atoms with Gasteiger partial charge in [0.25, 0.3) is 0 Å². The molecule has 9 nitrogen and oxygen atoms in total. The summed E-state index contributed by atoms with van der Waals surface area (Å²) >= 11 is 0. The molecule has 0 N–H and O–H groups in total. The molecule has 4 rings (SSSR count). The van der Waals surface area contributed by atoms with Crippen LogP contribution in [0, 0.1) is 18.8 Å². The largest absolute Gasteiger partial charge is 0.362 e. The Hall–Kier alpha value is -3.88. The number of anilines is 1. The molecule has 9 heteroatoms. The van der Waals surface area contributed by atoms with E-state index in [1.807, 2.05) is 0 Å². The van der Waals surface area contributed by atoms with Crippen LogP contribution in [0.25, 0.3) is 23.2 Å². The molecule has 49 heavy (non-hydrogen) atoms. The number of benzene rings is 1. The minimum atomic E-state index is -0.216. The van der Waals surface area contributed by atoms with Crippen LogP contribution < -0.4 is 10.1 Å². The number of aryl methyl sites for hydroxylation is 1. The van der Waals surface area contributed by atoms with Crippen molar-refractivity contribution in [3.8, 4) is 11.5 Å². The van der Waals surface area contributed by atoms with Crippen molar-refractivity contribution in [3.63, 3.8) is 0 Å². The molecule has 0 saturated carbocycles. The van der Waals surface area contributed by atoms with Crippen LogP contribution in [0.2, 0.25) is 0 Å². The van der Waals surface area contributed by atoms with Crippen LogP contribution in [0.1, 0.15) is 124 Å². The first-order chi connectivity index (χ1) is 23.5. The lowest BCUT2D eigenvalue weighted by atomic mass is 9.90. The molecule has 0 radical (unpaired) electrons. The van der Waals surface area contributed by atoms with E-state index >= 15 is 0 Å². The highest BCUT2D eigenvalue weighted by molar-refractivity contribution is 5.82. The molecule has 266 valence electrons. The molecule has 3 heterocycles. The van der Waals surface area contributed by atoms with Gasteiger partial charge in [0, 0.05) is 48.3 Å². The number of rotatable bonds is 18. The number of likely N-dealkylation sites (N-methyl/N-ethyl adjacent to an activating group) is 1. The number of hydrogen-bond acceptors (Lipinski definition) is 7. The average Bonchev–Trinajstić information content (AvgIpc) is 3.68. The SMILES string of the molecule is CCCCC(CC)CN(CC(CC)CCCC)C(=O)CN(CC)c1ccc(/C=c2/c(C(C)(C)C)nn3c(-c4cnccn4)nnc23)c(C)c1. The summed E-state index contributed by atoms with van der Waals surface area (Å²) in [6.07, 6.45) is 16.6. The van der Waals surface area contributed by atoms with Crippen molar-refractivity contribution < 1.29 is 4.79 Å². The van der Waals surface area contributed by atoms with E-state index in [0.717, 1.165) is 60.2 Å². The molecule has 2 atom stereocenters. The highest BCUT2D eigenvalue weighted by atomic mass is 16.2. The van der Waals surface area contributed by atoms with Crippen molar-refractivity contribution in [1.82, 2.24) is 34.7 Å². The normalized spacial score (nSPS) is 13.6. The number of aromatic nitrogens is 6. The first kappa shape index (κ1) is 37.9. The standard InChI is InChI=1S/C40H60N8O/c1-10-15-17-30(12-3)26-47(27-31(13-4)18-16-11-2)36(49)28-46(14-5)33-20-19-32(29(6)23-33)24-34-37(40(7,8)9)45-48-38(34)43-44-39(48)35-25-41-21-22-42-35/h19-25,30-31H,10-18,26-28H2,1-9H3/b34-24-. The second kappa shape index (κ2) is 17.7. The van der Waals surface area contributed by atoms with Gasteiger partial charge in [-0.1, -0.05) is 93.1 Å². The van der Waals surface area contributed by atoms with E-state index in [4.69, 9.17) is 5.10 Å². The molecule has 1 amide bonds. The second-order valence-corrected chi connectivity index (χ2v) is 14.7. The van der Waals surface area contributed by atoms with Gasteiger partial charge in [-0.05, 0) is 67.9 Å². The number of fused-ring (bicyclic) bond motifs is 1. The number of amides is 1. The van der Waals surface area contributed by atoms with Gasteiger partial charge in [0.2, 0.25) is 11.7 Å². The molecule has 3 aromatic heterocycles. The molecule has 0 saturated heterocycles. The highest BCUT2D eigenvalue weighted by Crippen LogP contribution is 2.25. The molecular weight excluding hydrogens is 608 g/mol. The van der Waals surface area contributed by atoms with E-state index < -0.39 is 0 Å². The molecule has 0 aliphatic carbocycles. The Balaban J connectivity index is 1.63. The van der Waals surface area contributed by atoms with Crippen molar-refractivity contribution in [2.45, 2.75) is 119 Å². The minimum absolute atomic E-state index is 0.216. The zero-order chi connectivity index (χ0) is 35.6. The van der Waals surface area contributed by atoms with Crippen LogP contribution in [0.5, 0.6) is 0 Å². The molecule has 4 aromatic rings. The number of nitrogens with zero attached hydrogens (tertiary/aromatic N) is 8. The summed E-state index contributed by atoms with van der Waals surface area (Å²) in [6, 6.07) is 6.50. The lowest BCUT2D eigenvalue weighted by Crippen LogP contribution is -2.44. The van der Waals surface area contributed by atoms with E-state index in [9.17, 15) is 4.79 Å². The van der Waals surface area contributed by atoms with E-state index in [-0.39, 0.29) is 11.3 Å². The summed E-state index contributed by atoms with van der Waals surface area (Å²) in [7, 11) is 0. The Bertz CT molecular complexity index is 1660. The van der Waals surface area contributed by atoms with Crippen molar-refractivity contribution in [2.24, 2.45) is 11.8 Å². The molecule has 1 aromatic carbocycles. The Labute approximate surface area is 294 Å². The van der Waals surface area contributed by atoms with Gasteiger partial charge in [-0.15, -0.1) is 10.2 Å². The van der Waals surface area contributed by atoms with Gasteiger partial charge < -0.3 is 9.80 Å². The maximum atomic E-state index is 14.1. The molecular formula is C40H60N8O. The zero-order valence-electron chi connectivity index (χ0n) is 31.7. The molecule has 0 aliphatic rings. The van der Waals surface area contributed by atoms with Crippen LogP contribution in [-0.4, -0.2) is 66.8 Å². The predicted octanol–water partition coefficient (Wildman–Crippen LogP) is 7.82. The van der Waals surface area contributed by atoms with Crippen LogP contribution in [0.15, 0.2) is 36.8 Å². The fraction of sp³-hybridized carbons (Fsp3) is 0.600. The maximum absolute atomic E-state index is 14.1. The van der Waals surface area contributed by atoms with E-state index in [2.05, 4.69) is 117 Å². The number of carbonyl (C=O) groups excluding carboxylic acids is 1. The van der Waals surface area contributed by atoms with E-state index in [1.54, 1.807) is 23.1 Å². The summed E-state index contributed by atoms with van der Waals surface area (Å²) in [5.41, 5.74) is 5.33. The lowest BCUT2D eigenvalue weighted by molar-refractivity contribution is -0.131. The van der Waals surface area contributed by atoms with Gasteiger partial charge in [-0.25, -0.2) is 4.98 Å². The highest BCUT2D eigenvalue weighted by Gasteiger charge is 2.26. The fourth-order valence-electron chi connectivity index (χ4n) is 6.62. The van der Waals surface area contributed by atoms with Crippen molar-refractivity contribution >= 4 is 23.3 Å². The van der Waals surface area contributed by atoms with Crippen LogP contribution in [0.3, 0.4) is 0 Å². The van der Waals surface area contributed by atoms with Crippen LogP contribution >= 0.6 is 0 Å². The van der Waals surface area contributed by atoms with Gasteiger partial charge in [-0.2, -0.15) is 9.61 Å². The molecule has 0 fully saturated rings. The number of unbranched alkanes of at least 4 members (excludes halogenated alkanes) is 2. The molecule has 0 spiro atoms. The van der Waals surface area contributed by atoms with Gasteiger partial charge in [0.15, 0.2) is 5.65 Å². The Morgan fingerprint density at radius 2 is 1.61 bits per heavy atom. The smallest absolute Gasteiger partial charge is 0.242 e. The van der Waals surface area contributed by atoms with Crippen LogP contribution in [0.4, 0.5) is 5.69 Å². The second-order valence-electron chi connectivity index (χ2n) is 14.7. The predicted molar refractivity (Wildman–Crippen MR) is 202 cm³/mol. The average molecular weight is 669 g/mol. The van der Waals surface area contributed by atoms with Gasteiger partial charge >= 0.3 is 0 Å². The van der Waals surface area contributed by atoms with Crippen molar-refractivity contribution in [1.29, 1.82) is 0 Å². The Morgan fingerprint density at radius 1 is 0.939 bits per heavy atom. The maximum Gasteiger partial charge on any atom is 0.242 e. The summed E-state index contributed by atoms with van der Waals surface area (Å²) in [5, 5.41) is 14.9. The molecule has 0 bridgehead atoms. The number of carbonyl (C=O) groups is 1. The topological polar surface area (TPSA) is 92.4 Å². The lowest BCUT2D eigenvalue weighted by Gasteiger charge is -2.33. The zero-order valence-corrected chi connectivity index (χ0v) is 31.7. The molecule has 0 aliphatic heterocycles.